The van der Waals surface area contributed by atoms with E-state index >= 15 is 0 Å². The minimum absolute atomic E-state index is 0.223. The predicted molar refractivity (Wildman–Crippen MR) is 153 cm³/mol. The van der Waals surface area contributed by atoms with Gasteiger partial charge in [0, 0.05) is 77.0 Å². The average molecular weight is 620 g/mol. The van der Waals surface area contributed by atoms with Crippen molar-refractivity contribution in [2.45, 2.75) is 68.2 Å². The Morgan fingerprint density at radius 1 is 1.05 bits per heavy atom. The van der Waals surface area contributed by atoms with Crippen LogP contribution >= 0.6 is 0 Å². The van der Waals surface area contributed by atoms with E-state index in [1.165, 1.54) is 14.0 Å². The quantitative estimate of drug-likeness (QED) is 0.260. The fourth-order valence-electron chi connectivity index (χ4n) is 11.1. The van der Waals surface area contributed by atoms with Crippen LogP contribution in [0, 0.1) is 34.5 Å². The Balaban J connectivity index is 1.62. The maximum atomic E-state index is 13.3. The lowest BCUT2D eigenvalue weighted by molar-refractivity contribution is -0.347. The van der Waals surface area contributed by atoms with E-state index in [0.717, 1.165) is 0 Å². The van der Waals surface area contributed by atoms with Gasteiger partial charge in [0.15, 0.2) is 5.60 Å². The van der Waals surface area contributed by atoms with E-state index in [2.05, 4.69) is 4.90 Å². The molecule has 6 rings (SSSR count). The molecule has 0 aromatic heterocycles. The summed E-state index contributed by atoms with van der Waals surface area (Å²) < 4.78 is 36.4. The third-order valence-corrected chi connectivity index (χ3v) is 11.9. The molecular formula is C32H45NO11. The monoisotopic (exact) mass is 619 g/mol. The van der Waals surface area contributed by atoms with Gasteiger partial charge in [-0.1, -0.05) is 18.2 Å². The van der Waals surface area contributed by atoms with Crippen LogP contribution in [-0.4, -0.2) is 129 Å². The molecule has 14 atom stereocenters. The summed E-state index contributed by atoms with van der Waals surface area (Å²) in [5, 5.41) is 36.1. The van der Waals surface area contributed by atoms with Gasteiger partial charge in [0.25, 0.3) is 0 Å². The maximum Gasteiger partial charge on any atom is 0.340 e. The molecule has 1 spiro atoms. The first-order valence-electron chi connectivity index (χ1n) is 15.3. The molecule has 3 N–H and O–H groups in total. The third-order valence-electron chi connectivity index (χ3n) is 11.9. The largest absolute Gasteiger partial charge is 0.455 e. The van der Waals surface area contributed by atoms with Crippen molar-refractivity contribution in [3.63, 3.8) is 0 Å². The highest BCUT2D eigenvalue weighted by Crippen LogP contribution is 2.78. The number of aliphatic hydroxyl groups excluding tert-OH is 3. The zero-order valence-corrected chi connectivity index (χ0v) is 26.1. The van der Waals surface area contributed by atoms with Crippen LogP contribution in [0.4, 0.5) is 0 Å². The van der Waals surface area contributed by atoms with Crippen LogP contribution < -0.4 is 0 Å². The topological polar surface area (TPSA) is 153 Å². The van der Waals surface area contributed by atoms with Crippen molar-refractivity contribution in [3.05, 3.63) is 35.9 Å². The van der Waals surface area contributed by atoms with E-state index in [1.54, 1.807) is 51.7 Å². The van der Waals surface area contributed by atoms with Gasteiger partial charge in [0.05, 0.1) is 42.5 Å². The molecule has 44 heavy (non-hydrogen) atoms. The second-order valence-electron chi connectivity index (χ2n) is 13.4. The smallest absolute Gasteiger partial charge is 0.340 e. The first kappa shape index (κ1) is 31.8. The van der Waals surface area contributed by atoms with Gasteiger partial charge < -0.3 is 48.6 Å². The molecule has 5 fully saturated rings. The van der Waals surface area contributed by atoms with Gasteiger partial charge in [-0.25, -0.2) is 4.79 Å². The fraction of sp³-hybridized carbons (Fsp3) is 0.750. The molecule has 1 heterocycles. The summed E-state index contributed by atoms with van der Waals surface area (Å²) in [6.07, 6.45) is -5.42. The summed E-state index contributed by atoms with van der Waals surface area (Å²) in [6.45, 7) is 1.95. The van der Waals surface area contributed by atoms with Crippen LogP contribution in [0.2, 0.25) is 0 Å². The average Bonchev–Trinajstić information content (AvgIpc) is 3.22. The van der Waals surface area contributed by atoms with E-state index < -0.39 is 88.9 Å². The zero-order valence-electron chi connectivity index (χ0n) is 26.1. The number of rotatable bonds is 9. The highest BCUT2D eigenvalue weighted by molar-refractivity contribution is 5.89. The lowest BCUT2D eigenvalue weighted by Crippen LogP contribution is -2.82. The van der Waals surface area contributed by atoms with Crippen molar-refractivity contribution >= 4 is 11.9 Å². The number of carbonyl (C=O) groups excluding carboxylic acids is 2. The minimum atomic E-state index is -1.79. The summed E-state index contributed by atoms with van der Waals surface area (Å²) in [5.41, 5.74) is -3.17. The number of ether oxygens (including phenoxy) is 6. The third kappa shape index (κ3) is 3.92. The highest BCUT2D eigenvalue weighted by atomic mass is 16.6. The number of aliphatic hydroxyl groups is 3. The van der Waals surface area contributed by atoms with Gasteiger partial charge in [-0.3, -0.25) is 4.79 Å². The molecule has 12 nitrogen and oxygen atoms in total. The summed E-state index contributed by atoms with van der Waals surface area (Å²) in [5.74, 6) is -4.20. The summed E-state index contributed by atoms with van der Waals surface area (Å²) >= 11 is 0. The van der Waals surface area contributed by atoms with E-state index in [0.29, 0.717) is 13.0 Å². The predicted octanol–water partition coefficient (Wildman–Crippen LogP) is 0.463. The highest BCUT2D eigenvalue weighted by Gasteiger charge is 2.88. The number of hydrogen-bond acceptors (Lipinski definition) is 12. The van der Waals surface area contributed by atoms with Crippen LogP contribution in [0.1, 0.15) is 30.1 Å². The van der Waals surface area contributed by atoms with Crippen molar-refractivity contribution in [1.82, 2.24) is 4.90 Å². The number of methoxy groups -OCH3 is 4. The van der Waals surface area contributed by atoms with Crippen LogP contribution in [0.5, 0.6) is 0 Å². The molecule has 1 aromatic rings. The summed E-state index contributed by atoms with van der Waals surface area (Å²) in [4.78, 5) is 28.5. The SMILES string of the molecule is COC[C@]12CN(C)[C@H]3[C@@H]4[C@H](OC)[C@H]1[C@@]3([C@@H](OC)C[C@H]2O)[C@@H]1C[C@@H](OC)[C@H](O)[C@@]4(OC(C)=O)[C@H]1[C@H](O)OC(=O)c1ccccc1. The molecule has 0 radical (unpaired) electrons. The second-order valence-corrected chi connectivity index (χ2v) is 13.4. The number of nitrogens with zero attached hydrogens (tertiary/aromatic N) is 1. The van der Waals surface area contributed by atoms with Crippen molar-refractivity contribution < 1.29 is 53.3 Å². The van der Waals surface area contributed by atoms with E-state index in [9.17, 15) is 24.9 Å². The number of hydrogen-bond donors (Lipinski definition) is 3. The Morgan fingerprint density at radius 3 is 2.34 bits per heavy atom. The molecule has 4 aliphatic carbocycles. The normalized spacial score (nSPS) is 46.3. The van der Waals surface area contributed by atoms with Crippen LogP contribution in [-0.2, 0) is 33.2 Å². The van der Waals surface area contributed by atoms with Gasteiger partial charge >= 0.3 is 11.9 Å². The molecule has 0 unspecified atom stereocenters. The Bertz CT molecular complexity index is 1250. The van der Waals surface area contributed by atoms with Gasteiger partial charge in [-0.05, 0) is 31.5 Å². The number of likely N-dealkylation sites (tertiary alicyclic amines) is 1. The number of esters is 2. The second kappa shape index (κ2) is 11.3. The molecule has 5 aliphatic rings. The molecule has 1 saturated heterocycles. The molecular weight excluding hydrogens is 574 g/mol. The molecule has 12 heteroatoms. The molecule has 4 saturated carbocycles. The van der Waals surface area contributed by atoms with Crippen molar-refractivity contribution in [2.24, 2.45) is 34.5 Å². The van der Waals surface area contributed by atoms with Crippen LogP contribution in [0.15, 0.2) is 30.3 Å². The molecule has 0 amide bonds. The lowest BCUT2D eigenvalue weighted by atomic mass is 9.39. The van der Waals surface area contributed by atoms with Gasteiger partial charge in [-0.2, -0.15) is 0 Å². The fourth-order valence-corrected chi connectivity index (χ4v) is 11.1. The minimum Gasteiger partial charge on any atom is -0.455 e. The number of benzene rings is 1. The van der Waals surface area contributed by atoms with E-state index in [4.69, 9.17) is 28.4 Å². The standard InChI is InChI=1S/C32H45NO11/c1-16(34)44-32-22(29(38)43-28(37)17-10-8-7-9-11-17)18(12-19(40-4)27(32)36)31-21(41-5)13-20(35)30(15-39-3)14-33(2)26(31)23(32)24(42-6)25(30)31/h7-11,18-27,29,35-36,38H,12-15H2,1-6H3/t18-,19-,20-,21+,22-,23+,24+,25-,26+,27+,29-,30+,31+,32-/m1/s1. The maximum absolute atomic E-state index is 13.3. The Kier molecular flexibility index (Phi) is 8.15. The first-order chi connectivity index (χ1) is 21.0. The van der Waals surface area contributed by atoms with Crippen LogP contribution in [0.25, 0.3) is 0 Å². The van der Waals surface area contributed by atoms with Crippen molar-refractivity contribution in [2.75, 3.05) is 48.6 Å². The van der Waals surface area contributed by atoms with Gasteiger partial charge in [-0.15, -0.1) is 0 Å². The van der Waals surface area contributed by atoms with E-state index in [-0.39, 0.29) is 24.6 Å². The number of piperidine rings is 1. The molecule has 1 aliphatic heterocycles. The van der Waals surface area contributed by atoms with Gasteiger partial charge in [0.2, 0.25) is 6.29 Å². The van der Waals surface area contributed by atoms with Crippen molar-refractivity contribution in [3.8, 4) is 0 Å². The Morgan fingerprint density at radius 2 is 1.75 bits per heavy atom. The molecule has 7 bridgehead atoms. The van der Waals surface area contributed by atoms with Gasteiger partial charge in [0.1, 0.15) is 6.10 Å². The van der Waals surface area contributed by atoms with Crippen molar-refractivity contribution in [1.29, 1.82) is 0 Å². The number of carbonyl (C=O) groups is 2. The summed E-state index contributed by atoms with van der Waals surface area (Å²) in [6, 6.07) is 7.96. The Labute approximate surface area is 257 Å². The zero-order chi connectivity index (χ0) is 31.8. The molecule has 244 valence electrons. The molecule has 1 aromatic carbocycles. The summed E-state index contributed by atoms with van der Waals surface area (Å²) in [7, 11) is 8.24. The first-order valence-corrected chi connectivity index (χ1v) is 15.3. The van der Waals surface area contributed by atoms with Crippen LogP contribution in [0.3, 0.4) is 0 Å². The van der Waals surface area contributed by atoms with E-state index in [1.807, 2.05) is 7.05 Å². The number of fused-ring (bicyclic) bond motifs is 3. The lowest BCUT2D eigenvalue weighted by Gasteiger charge is -2.72. The Hall–Kier alpha value is -2.16.